The first-order valence-electron chi connectivity index (χ1n) is 9.00. The molecule has 0 radical (unpaired) electrons. The third-order valence-electron chi connectivity index (χ3n) is 4.80. The van der Waals surface area contributed by atoms with E-state index in [2.05, 4.69) is 20.4 Å². The molecule has 0 spiro atoms. The standard InChI is InChI=1S/C18H26N6O/c1-3-24-13-15(10-22-24)18(25)23-7-4-5-14(6-8-23)9-16-11-21-17(19-2)12-20-16/h10-14H,3-9H2,1-2H3,(H,19,21). The first-order chi connectivity index (χ1) is 12.2. The van der Waals surface area contributed by atoms with Gasteiger partial charge >= 0.3 is 0 Å². The number of amides is 1. The topological polar surface area (TPSA) is 75.9 Å². The van der Waals surface area contributed by atoms with Crippen molar-refractivity contribution in [3.8, 4) is 0 Å². The molecule has 3 rings (SSSR count). The molecule has 0 aromatic carbocycles. The van der Waals surface area contributed by atoms with Gasteiger partial charge in [-0.05, 0) is 38.5 Å². The SMILES string of the molecule is CCn1cc(C(=O)N2CCCC(Cc3cnc(NC)cn3)CC2)cn1. The Bertz CT molecular complexity index is 696. The van der Waals surface area contributed by atoms with Crippen LogP contribution >= 0.6 is 0 Å². The number of likely N-dealkylation sites (tertiary alicyclic amines) is 1. The maximum absolute atomic E-state index is 12.7. The zero-order chi connectivity index (χ0) is 17.6. The molecular formula is C18H26N6O. The van der Waals surface area contributed by atoms with E-state index in [0.29, 0.717) is 11.5 Å². The molecular weight excluding hydrogens is 316 g/mol. The fourth-order valence-electron chi connectivity index (χ4n) is 3.29. The van der Waals surface area contributed by atoms with E-state index in [1.165, 1.54) is 0 Å². The summed E-state index contributed by atoms with van der Waals surface area (Å²) < 4.78 is 1.79. The summed E-state index contributed by atoms with van der Waals surface area (Å²) >= 11 is 0. The number of aryl methyl sites for hydroxylation is 1. The zero-order valence-electron chi connectivity index (χ0n) is 15.0. The van der Waals surface area contributed by atoms with Crippen LogP contribution in [0.4, 0.5) is 5.82 Å². The summed E-state index contributed by atoms with van der Waals surface area (Å²) in [6.45, 7) is 4.41. The van der Waals surface area contributed by atoms with Gasteiger partial charge in [-0.15, -0.1) is 0 Å². The van der Waals surface area contributed by atoms with Gasteiger partial charge < -0.3 is 10.2 Å². The summed E-state index contributed by atoms with van der Waals surface area (Å²) in [6, 6.07) is 0. The average Bonchev–Trinajstić information content (AvgIpc) is 3.02. The molecule has 3 heterocycles. The van der Waals surface area contributed by atoms with Crippen molar-refractivity contribution in [2.24, 2.45) is 5.92 Å². The van der Waals surface area contributed by atoms with Crippen molar-refractivity contribution in [2.75, 3.05) is 25.5 Å². The number of hydrogen-bond acceptors (Lipinski definition) is 5. The van der Waals surface area contributed by atoms with Gasteiger partial charge in [-0.2, -0.15) is 5.10 Å². The third kappa shape index (κ3) is 4.35. The zero-order valence-corrected chi connectivity index (χ0v) is 15.0. The highest BCUT2D eigenvalue weighted by Gasteiger charge is 2.23. The van der Waals surface area contributed by atoms with Crippen LogP contribution in [-0.4, -0.2) is 50.7 Å². The quantitative estimate of drug-likeness (QED) is 0.902. The van der Waals surface area contributed by atoms with Crippen LogP contribution in [0.15, 0.2) is 24.8 Å². The molecule has 134 valence electrons. The summed E-state index contributed by atoms with van der Waals surface area (Å²) in [5.41, 5.74) is 1.71. The Morgan fingerprint density at radius 3 is 2.80 bits per heavy atom. The maximum atomic E-state index is 12.7. The molecule has 1 fully saturated rings. The molecule has 0 saturated carbocycles. The number of anilines is 1. The lowest BCUT2D eigenvalue weighted by molar-refractivity contribution is 0.0760. The molecule has 1 aliphatic rings. The van der Waals surface area contributed by atoms with Crippen molar-refractivity contribution in [3.05, 3.63) is 36.0 Å². The van der Waals surface area contributed by atoms with Crippen LogP contribution in [-0.2, 0) is 13.0 Å². The lowest BCUT2D eigenvalue weighted by Crippen LogP contribution is -2.31. The van der Waals surface area contributed by atoms with Crippen molar-refractivity contribution in [3.63, 3.8) is 0 Å². The second-order valence-corrected chi connectivity index (χ2v) is 6.52. The molecule has 2 aromatic rings. The Kier molecular flexibility index (Phi) is 5.63. The Morgan fingerprint density at radius 2 is 2.12 bits per heavy atom. The molecule has 1 aliphatic heterocycles. The molecule has 1 unspecified atom stereocenters. The summed E-state index contributed by atoms with van der Waals surface area (Å²) in [4.78, 5) is 23.4. The minimum atomic E-state index is 0.0958. The molecule has 0 bridgehead atoms. The van der Waals surface area contributed by atoms with Gasteiger partial charge in [0.1, 0.15) is 5.82 Å². The maximum Gasteiger partial charge on any atom is 0.257 e. The van der Waals surface area contributed by atoms with E-state index in [1.807, 2.05) is 31.3 Å². The number of carbonyl (C=O) groups is 1. The monoisotopic (exact) mass is 342 g/mol. The van der Waals surface area contributed by atoms with E-state index in [0.717, 1.165) is 56.8 Å². The smallest absolute Gasteiger partial charge is 0.257 e. The molecule has 1 atom stereocenters. The fraction of sp³-hybridized carbons (Fsp3) is 0.556. The van der Waals surface area contributed by atoms with E-state index in [1.54, 1.807) is 17.1 Å². The van der Waals surface area contributed by atoms with Gasteiger partial charge in [0, 0.05) is 32.9 Å². The molecule has 0 aliphatic carbocycles. The number of nitrogens with one attached hydrogen (secondary N) is 1. The summed E-state index contributed by atoms with van der Waals surface area (Å²) in [6.07, 6.45) is 11.2. The van der Waals surface area contributed by atoms with Gasteiger partial charge in [0.2, 0.25) is 0 Å². The Labute approximate surface area is 148 Å². The molecule has 7 nitrogen and oxygen atoms in total. The Balaban J connectivity index is 1.56. The van der Waals surface area contributed by atoms with Crippen LogP contribution in [0.1, 0.15) is 42.2 Å². The molecule has 2 aromatic heterocycles. The van der Waals surface area contributed by atoms with Gasteiger partial charge in [-0.1, -0.05) is 0 Å². The minimum absolute atomic E-state index is 0.0958. The van der Waals surface area contributed by atoms with Gasteiger partial charge in [0.05, 0.1) is 29.8 Å². The van der Waals surface area contributed by atoms with Crippen molar-refractivity contribution in [1.82, 2.24) is 24.6 Å². The number of hydrogen-bond donors (Lipinski definition) is 1. The van der Waals surface area contributed by atoms with Crippen molar-refractivity contribution < 1.29 is 4.79 Å². The van der Waals surface area contributed by atoms with Gasteiger partial charge in [-0.25, -0.2) is 4.98 Å². The summed E-state index contributed by atoms with van der Waals surface area (Å²) in [5.74, 6) is 1.43. The predicted octanol–water partition coefficient (Wildman–Crippen LogP) is 2.22. The van der Waals surface area contributed by atoms with Crippen LogP contribution in [0.2, 0.25) is 0 Å². The summed E-state index contributed by atoms with van der Waals surface area (Å²) in [5, 5.41) is 7.19. The Morgan fingerprint density at radius 1 is 1.24 bits per heavy atom. The number of carbonyl (C=O) groups excluding carboxylic acids is 1. The first-order valence-corrected chi connectivity index (χ1v) is 9.00. The van der Waals surface area contributed by atoms with Gasteiger partial charge in [0.25, 0.3) is 5.91 Å². The first kappa shape index (κ1) is 17.4. The number of aromatic nitrogens is 4. The van der Waals surface area contributed by atoms with E-state index >= 15 is 0 Å². The normalized spacial score (nSPS) is 18.0. The van der Waals surface area contributed by atoms with E-state index < -0.39 is 0 Å². The van der Waals surface area contributed by atoms with Crippen LogP contribution in [0.5, 0.6) is 0 Å². The average molecular weight is 342 g/mol. The lowest BCUT2D eigenvalue weighted by atomic mass is 9.95. The van der Waals surface area contributed by atoms with Crippen LogP contribution in [0.3, 0.4) is 0 Å². The summed E-state index contributed by atoms with van der Waals surface area (Å²) in [7, 11) is 1.84. The van der Waals surface area contributed by atoms with Gasteiger partial charge in [0.15, 0.2) is 0 Å². The van der Waals surface area contributed by atoms with E-state index in [-0.39, 0.29) is 5.91 Å². The number of rotatable bonds is 5. The van der Waals surface area contributed by atoms with Crippen molar-refractivity contribution in [2.45, 2.75) is 39.2 Å². The van der Waals surface area contributed by atoms with Crippen LogP contribution < -0.4 is 5.32 Å². The van der Waals surface area contributed by atoms with Gasteiger partial charge in [-0.3, -0.25) is 14.5 Å². The molecule has 1 amide bonds. The second kappa shape index (κ2) is 8.09. The van der Waals surface area contributed by atoms with Crippen LogP contribution in [0.25, 0.3) is 0 Å². The van der Waals surface area contributed by atoms with Crippen LogP contribution in [0, 0.1) is 5.92 Å². The van der Waals surface area contributed by atoms with Crippen molar-refractivity contribution >= 4 is 11.7 Å². The van der Waals surface area contributed by atoms with E-state index in [4.69, 9.17) is 0 Å². The number of nitrogens with zero attached hydrogens (tertiary/aromatic N) is 5. The highest BCUT2D eigenvalue weighted by Crippen LogP contribution is 2.22. The molecule has 25 heavy (non-hydrogen) atoms. The predicted molar refractivity (Wildman–Crippen MR) is 96.4 cm³/mol. The highest BCUT2D eigenvalue weighted by molar-refractivity contribution is 5.93. The molecule has 1 saturated heterocycles. The highest BCUT2D eigenvalue weighted by atomic mass is 16.2. The molecule has 1 N–H and O–H groups in total. The largest absolute Gasteiger partial charge is 0.372 e. The van der Waals surface area contributed by atoms with Crippen molar-refractivity contribution in [1.29, 1.82) is 0 Å². The molecule has 7 heteroatoms. The fourth-order valence-corrected chi connectivity index (χ4v) is 3.29. The Hall–Kier alpha value is -2.44. The minimum Gasteiger partial charge on any atom is -0.372 e. The third-order valence-corrected chi connectivity index (χ3v) is 4.80. The lowest BCUT2D eigenvalue weighted by Gasteiger charge is -2.19. The second-order valence-electron chi connectivity index (χ2n) is 6.52. The van der Waals surface area contributed by atoms with E-state index in [9.17, 15) is 4.79 Å².